The molecule has 8 heteroatoms. The second-order valence-corrected chi connectivity index (χ2v) is 4.57. The van der Waals surface area contributed by atoms with E-state index < -0.39 is 18.3 Å². The van der Waals surface area contributed by atoms with Gasteiger partial charge in [0.05, 0.1) is 0 Å². The van der Waals surface area contributed by atoms with Gasteiger partial charge in [-0.25, -0.2) is 4.79 Å². The fraction of sp³-hybridized carbons (Fsp3) is 0.385. The van der Waals surface area contributed by atoms with E-state index in [4.69, 9.17) is 10.3 Å². The molecule has 0 aliphatic heterocycles. The van der Waals surface area contributed by atoms with Crippen LogP contribution in [0.5, 0.6) is 0 Å². The van der Waals surface area contributed by atoms with Gasteiger partial charge < -0.3 is 15.4 Å². The van der Waals surface area contributed by atoms with Crippen LogP contribution in [0.4, 0.5) is 9.59 Å². The lowest BCUT2D eigenvalue weighted by molar-refractivity contribution is 0.130. The zero-order valence-electron chi connectivity index (χ0n) is 11.8. The van der Waals surface area contributed by atoms with Crippen molar-refractivity contribution < 1.29 is 14.3 Å². The van der Waals surface area contributed by atoms with Crippen molar-refractivity contribution in [2.24, 2.45) is 11.0 Å². The molecule has 3 amide bonds. The SMILES string of the molecule is CC(C)[C@@H](NC(=O)N=[N+]=[N-])NC(=O)OCc1ccccc1. The molecule has 0 radical (unpaired) electrons. The number of amides is 3. The normalized spacial score (nSPS) is 11.2. The maximum absolute atomic E-state index is 11.7. The van der Waals surface area contributed by atoms with Crippen LogP contribution in [0.2, 0.25) is 0 Å². The third kappa shape index (κ3) is 6.31. The first kappa shape index (κ1) is 16.3. The first-order chi connectivity index (χ1) is 10.0. The number of azide groups is 1. The Bertz CT molecular complexity index is 526. The highest BCUT2D eigenvalue weighted by Crippen LogP contribution is 2.03. The Morgan fingerprint density at radius 3 is 2.52 bits per heavy atom. The molecule has 1 atom stereocenters. The van der Waals surface area contributed by atoms with Gasteiger partial charge in [0.1, 0.15) is 12.8 Å². The van der Waals surface area contributed by atoms with Crippen molar-refractivity contribution in [1.82, 2.24) is 10.6 Å². The number of hydrogen-bond donors (Lipinski definition) is 2. The zero-order chi connectivity index (χ0) is 15.7. The van der Waals surface area contributed by atoms with Crippen molar-refractivity contribution in [1.29, 1.82) is 0 Å². The number of carbonyl (C=O) groups excluding carboxylic acids is 2. The van der Waals surface area contributed by atoms with E-state index in [0.717, 1.165) is 5.56 Å². The molecule has 0 saturated heterocycles. The summed E-state index contributed by atoms with van der Waals surface area (Å²) < 4.78 is 5.05. The van der Waals surface area contributed by atoms with Crippen LogP contribution in [-0.2, 0) is 11.3 Å². The summed E-state index contributed by atoms with van der Waals surface area (Å²) in [7, 11) is 0. The van der Waals surface area contributed by atoms with Gasteiger partial charge in [0.25, 0.3) is 0 Å². The van der Waals surface area contributed by atoms with E-state index in [0.29, 0.717) is 0 Å². The molecule has 112 valence electrons. The minimum absolute atomic E-state index is 0.105. The van der Waals surface area contributed by atoms with E-state index in [-0.39, 0.29) is 12.5 Å². The topological polar surface area (TPSA) is 116 Å². The van der Waals surface area contributed by atoms with Crippen molar-refractivity contribution in [2.45, 2.75) is 26.6 Å². The molecule has 21 heavy (non-hydrogen) atoms. The fourth-order valence-electron chi connectivity index (χ4n) is 1.46. The van der Waals surface area contributed by atoms with E-state index in [2.05, 4.69) is 20.7 Å². The monoisotopic (exact) mass is 291 g/mol. The molecule has 1 rings (SSSR count). The van der Waals surface area contributed by atoms with Gasteiger partial charge in [-0.15, -0.1) is 0 Å². The lowest BCUT2D eigenvalue weighted by Crippen LogP contribution is -2.50. The predicted molar refractivity (Wildman–Crippen MR) is 76.1 cm³/mol. The largest absolute Gasteiger partial charge is 0.445 e. The van der Waals surface area contributed by atoms with Crippen LogP contribution in [0.25, 0.3) is 10.4 Å². The second-order valence-electron chi connectivity index (χ2n) is 4.57. The molecule has 8 nitrogen and oxygen atoms in total. The highest BCUT2D eigenvalue weighted by molar-refractivity contribution is 5.76. The molecule has 0 aromatic heterocycles. The van der Waals surface area contributed by atoms with Gasteiger partial charge in [0, 0.05) is 10.0 Å². The lowest BCUT2D eigenvalue weighted by Gasteiger charge is -2.22. The average molecular weight is 291 g/mol. The van der Waals surface area contributed by atoms with Gasteiger partial charge in [0.2, 0.25) is 0 Å². The summed E-state index contributed by atoms with van der Waals surface area (Å²) in [6, 6.07) is 8.34. The van der Waals surface area contributed by atoms with Crippen molar-refractivity contribution in [3.8, 4) is 0 Å². The quantitative estimate of drug-likeness (QED) is 0.376. The molecule has 0 fully saturated rings. The summed E-state index contributed by atoms with van der Waals surface area (Å²) in [6.45, 7) is 3.71. The fourth-order valence-corrected chi connectivity index (χ4v) is 1.46. The van der Waals surface area contributed by atoms with Gasteiger partial charge >= 0.3 is 12.1 Å². The number of rotatable bonds is 5. The Labute approximate surface area is 122 Å². The summed E-state index contributed by atoms with van der Waals surface area (Å²) >= 11 is 0. The van der Waals surface area contributed by atoms with Crippen LogP contribution in [0.3, 0.4) is 0 Å². The lowest BCUT2D eigenvalue weighted by atomic mass is 10.1. The zero-order valence-corrected chi connectivity index (χ0v) is 11.8. The van der Waals surface area contributed by atoms with Crippen LogP contribution < -0.4 is 10.6 Å². The van der Waals surface area contributed by atoms with Crippen LogP contribution in [0, 0.1) is 5.92 Å². The molecule has 1 aromatic rings. The summed E-state index contributed by atoms with van der Waals surface area (Å²) in [5.74, 6) is -0.105. The predicted octanol–water partition coefficient (Wildman–Crippen LogP) is 2.91. The smallest absolute Gasteiger partial charge is 0.409 e. The first-order valence-electron chi connectivity index (χ1n) is 6.35. The van der Waals surface area contributed by atoms with E-state index in [1.54, 1.807) is 13.8 Å². The maximum atomic E-state index is 11.7. The Hall–Kier alpha value is -2.73. The number of carbonyl (C=O) groups is 2. The number of alkyl carbamates (subject to hydrolysis) is 1. The number of hydrogen-bond acceptors (Lipinski definition) is 3. The molecule has 0 saturated carbocycles. The van der Waals surface area contributed by atoms with E-state index in [1.807, 2.05) is 30.3 Å². The van der Waals surface area contributed by atoms with Gasteiger partial charge in [-0.2, -0.15) is 0 Å². The molecule has 2 N–H and O–H groups in total. The first-order valence-corrected chi connectivity index (χ1v) is 6.35. The number of ether oxygens (including phenoxy) is 1. The van der Waals surface area contributed by atoms with Crippen LogP contribution in [-0.4, -0.2) is 18.3 Å². The van der Waals surface area contributed by atoms with Gasteiger partial charge in [-0.05, 0) is 17.0 Å². The van der Waals surface area contributed by atoms with Crippen LogP contribution in [0.1, 0.15) is 19.4 Å². The van der Waals surface area contributed by atoms with E-state index >= 15 is 0 Å². The van der Waals surface area contributed by atoms with Crippen molar-refractivity contribution in [2.75, 3.05) is 0 Å². The second kappa shape index (κ2) is 8.44. The molecular formula is C13H17N5O3. The molecular weight excluding hydrogens is 274 g/mol. The minimum Gasteiger partial charge on any atom is -0.445 e. The summed E-state index contributed by atoms with van der Waals surface area (Å²) in [4.78, 5) is 25.2. The van der Waals surface area contributed by atoms with Crippen LogP contribution >= 0.6 is 0 Å². The van der Waals surface area contributed by atoms with Gasteiger partial charge in [0.15, 0.2) is 0 Å². The van der Waals surface area contributed by atoms with Crippen molar-refractivity contribution in [3.05, 3.63) is 46.3 Å². The molecule has 1 aromatic carbocycles. The summed E-state index contributed by atoms with van der Waals surface area (Å²) in [6.07, 6.45) is -1.36. The molecule has 0 heterocycles. The van der Waals surface area contributed by atoms with Crippen LogP contribution in [0.15, 0.2) is 35.4 Å². The van der Waals surface area contributed by atoms with E-state index in [9.17, 15) is 9.59 Å². The highest BCUT2D eigenvalue weighted by atomic mass is 16.5. The van der Waals surface area contributed by atoms with Gasteiger partial charge in [-0.1, -0.05) is 44.2 Å². The number of benzene rings is 1. The Balaban J connectivity index is 2.49. The minimum atomic E-state index is -0.862. The van der Waals surface area contributed by atoms with Crippen molar-refractivity contribution in [3.63, 3.8) is 0 Å². The van der Waals surface area contributed by atoms with E-state index in [1.165, 1.54) is 0 Å². The molecule has 0 unspecified atom stereocenters. The standard InChI is InChI=1S/C13H17N5O3/c1-9(2)11(15-12(19)17-18-14)16-13(20)21-8-10-6-4-3-5-7-10/h3-7,9,11H,8H2,1-2H3,(H,15,19)(H,16,20)/t11-/m0/s1. The highest BCUT2D eigenvalue weighted by Gasteiger charge is 2.18. The van der Waals surface area contributed by atoms with Crippen molar-refractivity contribution >= 4 is 12.1 Å². The summed E-state index contributed by atoms with van der Waals surface area (Å²) in [5.41, 5.74) is 9.02. The molecule has 0 bridgehead atoms. The number of urea groups is 1. The molecule has 0 spiro atoms. The Kier molecular flexibility index (Phi) is 6.56. The van der Waals surface area contributed by atoms with Gasteiger partial charge in [-0.3, -0.25) is 4.79 Å². The average Bonchev–Trinajstić information content (AvgIpc) is 2.45. The summed E-state index contributed by atoms with van der Waals surface area (Å²) in [5, 5.41) is 7.76. The Morgan fingerprint density at radius 1 is 1.29 bits per heavy atom. The maximum Gasteiger partial charge on any atom is 0.409 e. The Morgan fingerprint density at radius 2 is 1.95 bits per heavy atom. The molecule has 0 aliphatic rings. The molecule has 0 aliphatic carbocycles. The third-order valence-corrected chi connectivity index (χ3v) is 2.57. The number of nitrogens with zero attached hydrogens (tertiary/aromatic N) is 3. The third-order valence-electron chi connectivity index (χ3n) is 2.57. The number of nitrogens with one attached hydrogen (secondary N) is 2.